The highest BCUT2D eigenvalue weighted by atomic mass is 79.9. The monoisotopic (exact) mass is 341 g/mol. The first kappa shape index (κ1) is 12.1. The molecule has 0 atom stereocenters. The fourth-order valence-electron chi connectivity index (χ4n) is 1.77. The predicted molar refractivity (Wildman–Crippen MR) is 76.7 cm³/mol. The van der Waals surface area contributed by atoms with E-state index in [0.29, 0.717) is 0 Å². The van der Waals surface area contributed by atoms with E-state index in [1.807, 2.05) is 0 Å². The highest BCUT2D eigenvalue weighted by molar-refractivity contribution is 9.11. The number of hydrogen-bond acceptors (Lipinski definition) is 1. The molecule has 0 aliphatic rings. The minimum Gasteiger partial charge on any atom is -0.305 e. The van der Waals surface area contributed by atoms with Crippen LogP contribution in [0.4, 0.5) is 0 Å². The molecule has 0 radical (unpaired) electrons. The largest absolute Gasteiger partial charge is 0.305 e. The van der Waals surface area contributed by atoms with Gasteiger partial charge in [0.2, 0.25) is 0 Å². The Morgan fingerprint density at radius 3 is 2.50 bits per heavy atom. The normalized spacial score (nSPS) is 11.3. The smallest absolute Gasteiger partial charge is 0.0298 e. The quantitative estimate of drug-likeness (QED) is 0.780. The Morgan fingerprint density at radius 2 is 1.81 bits per heavy atom. The summed E-state index contributed by atoms with van der Waals surface area (Å²) in [4.78, 5) is 2.17. The molecular formula is C13H13Br2N. The topological polar surface area (TPSA) is 3.24 Å². The maximum atomic E-state index is 3.69. The van der Waals surface area contributed by atoms with E-state index in [4.69, 9.17) is 0 Å². The Morgan fingerprint density at radius 1 is 1.06 bits per heavy atom. The summed E-state index contributed by atoms with van der Waals surface area (Å²) >= 11 is 7.19. The molecule has 0 aliphatic carbocycles. The van der Waals surface area contributed by atoms with E-state index in [1.165, 1.54) is 20.8 Å². The lowest BCUT2D eigenvalue weighted by Gasteiger charge is -2.13. The molecule has 0 bridgehead atoms. The average Bonchev–Trinajstić information content (AvgIpc) is 2.22. The lowest BCUT2D eigenvalue weighted by atomic mass is 10.1. The number of benzene rings is 2. The lowest BCUT2D eigenvalue weighted by Crippen LogP contribution is -2.11. The van der Waals surface area contributed by atoms with Gasteiger partial charge in [0, 0.05) is 15.5 Å². The summed E-state index contributed by atoms with van der Waals surface area (Å²) in [7, 11) is 4.16. The predicted octanol–water partition coefficient (Wildman–Crippen LogP) is 4.43. The molecule has 84 valence electrons. The van der Waals surface area contributed by atoms with Gasteiger partial charge in [0.1, 0.15) is 0 Å². The van der Waals surface area contributed by atoms with Crippen LogP contribution in [0, 0.1) is 0 Å². The van der Waals surface area contributed by atoms with Crippen LogP contribution in [-0.2, 0) is 6.54 Å². The summed E-state index contributed by atoms with van der Waals surface area (Å²) < 4.78 is 2.32. The van der Waals surface area contributed by atoms with Crippen LogP contribution in [0.2, 0.25) is 0 Å². The van der Waals surface area contributed by atoms with Gasteiger partial charge in [0.25, 0.3) is 0 Å². The summed E-state index contributed by atoms with van der Waals surface area (Å²) in [6.45, 7) is 0.951. The minimum atomic E-state index is 0.951. The van der Waals surface area contributed by atoms with Crippen LogP contribution in [0.1, 0.15) is 5.56 Å². The van der Waals surface area contributed by atoms with Gasteiger partial charge < -0.3 is 4.90 Å². The standard InChI is InChI=1S/C13H13Br2N/c1-16(2)8-10-4-3-9-7-11(14)5-6-12(9)13(10)15/h3-7H,8H2,1-2H3. The maximum Gasteiger partial charge on any atom is 0.0298 e. The lowest BCUT2D eigenvalue weighted by molar-refractivity contribution is 0.402. The zero-order valence-corrected chi connectivity index (χ0v) is 12.5. The molecular weight excluding hydrogens is 330 g/mol. The van der Waals surface area contributed by atoms with Gasteiger partial charge in [-0.3, -0.25) is 0 Å². The highest BCUT2D eigenvalue weighted by Gasteiger charge is 2.06. The molecule has 0 unspecified atom stereocenters. The number of fused-ring (bicyclic) bond motifs is 1. The molecule has 0 amide bonds. The number of halogens is 2. The van der Waals surface area contributed by atoms with Crippen molar-refractivity contribution < 1.29 is 0 Å². The summed E-state index contributed by atoms with van der Waals surface area (Å²) in [5, 5.41) is 2.52. The second-order valence-corrected chi connectivity index (χ2v) is 5.85. The van der Waals surface area contributed by atoms with Gasteiger partial charge in [-0.15, -0.1) is 0 Å². The minimum absolute atomic E-state index is 0.951. The number of hydrogen-bond donors (Lipinski definition) is 0. The first-order valence-corrected chi connectivity index (χ1v) is 6.68. The first-order valence-electron chi connectivity index (χ1n) is 5.09. The second-order valence-electron chi connectivity index (χ2n) is 4.14. The molecule has 1 nitrogen and oxygen atoms in total. The molecule has 2 aromatic rings. The van der Waals surface area contributed by atoms with E-state index in [9.17, 15) is 0 Å². The van der Waals surface area contributed by atoms with Crippen molar-refractivity contribution in [3.8, 4) is 0 Å². The van der Waals surface area contributed by atoms with Gasteiger partial charge in [0.15, 0.2) is 0 Å². The SMILES string of the molecule is CN(C)Cc1ccc2cc(Br)ccc2c1Br. The summed E-state index contributed by atoms with van der Waals surface area (Å²) in [6.07, 6.45) is 0. The molecule has 0 spiro atoms. The van der Waals surface area contributed by atoms with Crippen molar-refractivity contribution in [1.29, 1.82) is 0 Å². The Kier molecular flexibility index (Phi) is 3.67. The van der Waals surface area contributed by atoms with Crippen LogP contribution < -0.4 is 0 Å². The third kappa shape index (κ3) is 2.47. The maximum absolute atomic E-state index is 3.69. The molecule has 0 saturated heterocycles. The number of rotatable bonds is 2. The van der Waals surface area contributed by atoms with Crippen molar-refractivity contribution in [2.45, 2.75) is 6.54 Å². The molecule has 0 saturated carbocycles. The van der Waals surface area contributed by atoms with Crippen LogP contribution in [-0.4, -0.2) is 19.0 Å². The van der Waals surface area contributed by atoms with Crippen molar-refractivity contribution in [3.05, 3.63) is 44.8 Å². The van der Waals surface area contributed by atoms with E-state index in [2.05, 4.69) is 81.2 Å². The summed E-state index contributed by atoms with van der Waals surface area (Å²) in [6, 6.07) is 10.7. The second kappa shape index (κ2) is 4.86. The van der Waals surface area contributed by atoms with Crippen molar-refractivity contribution in [2.75, 3.05) is 14.1 Å². The van der Waals surface area contributed by atoms with Crippen LogP contribution >= 0.6 is 31.9 Å². The molecule has 0 aromatic heterocycles. The van der Waals surface area contributed by atoms with E-state index in [1.54, 1.807) is 0 Å². The van der Waals surface area contributed by atoms with Crippen LogP contribution in [0.3, 0.4) is 0 Å². The third-order valence-corrected chi connectivity index (χ3v) is 3.91. The molecule has 2 rings (SSSR count). The Labute approximate surface area is 113 Å². The summed E-state index contributed by atoms with van der Waals surface area (Å²) in [5.74, 6) is 0. The van der Waals surface area contributed by atoms with Crippen molar-refractivity contribution in [2.24, 2.45) is 0 Å². The van der Waals surface area contributed by atoms with Crippen LogP contribution in [0.25, 0.3) is 10.8 Å². The van der Waals surface area contributed by atoms with Crippen molar-refractivity contribution >= 4 is 42.6 Å². The fraction of sp³-hybridized carbons (Fsp3) is 0.231. The van der Waals surface area contributed by atoms with E-state index in [0.717, 1.165) is 11.0 Å². The average molecular weight is 343 g/mol. The third-order valence-electron chi connectivity index (χ3n) is 2.48. The zero-order chi connectivity index (χ0) is 11.7. The Bertz CT molecular complexity index is 521. The van der Waals surface area contributed by atoms with Gasteiger partial charge in [-0.05, 0) is 58.5 Å². The molecule has 2 aromatic carbocycles. The van der Waals surface area contributed by atoms with Crippen LogP contribution in [0.15, 0.2) is 39.3 Å². The van der Waals surface area contributed by atoms with Gasteiger partial charge in [0.05, 0.1) is 0 Å². The molecule has 0 aliphatic heterocycles. The summed E-state index contributed by atoms with van der Waals surface area (Å²) in [5.41, 5.74) is 1.32. The molecule has 0 fully saturated rings. The molecule has 0 heterocycles. The molecule has 3 heteroatoms. The van der Waals surface area contributed by atoms with Crippen LogP contribution in [0.5, 0.6) is 0 Å². The van der Waals surface area contributed by atoms with Gasteiger partial charge in [-0.2, -0.15) is 0 Å². The Balaban J connectivity index is 2.56. The number of nitrogens with zero attached hydrogens (tertiary/aromatic N) is 1. The first-order chi connectivity index (χ1) is 7.58. The molecule has 0 N–H and O–H groups in total. The van der Waals surface area contributed by atoms with E-state index in [-0.39, 0.29) is 0 Å². The van der Waals surface area contributed by atoms with Crippen molar-refractivity contribution in [3.63, 3.8) is 0 Å². The highest BCUT2D eigenvalue weighted by Crippen LogP contribution is 2.30. The zero-order valence-electron chi connectivity index (χ0n) is 9.30. The molecule has 16 heavy (non-hydrogen) atoms. The fourth-order valence-corrected chi connectivity index (χ4v) is 2.77. The van der Waals surface area contributed by atoms with E-state index < -0.39 is 0 Å². The van der Waals surface area contributed by atoms with Gasteiger partial charge in [-0.25, -0.2) is 0 Å². The van der Waals surface area contributed by atoms with E-state index >= 15 is 0 Å². The Hall–Kier alpha value is -0.380. The van der Waals surface area contributed by atoms with Gasteiger partial charge in [-0.1, -0.05) is 34.1 Å². The van der Waals surface area contributed by atoms with Gasteiger partial charge >= 0.3 is 0 Å². The van der Waals surface area contributed by atoms with Crippen molar-refractivity contribution in [1.82, 2.24) is 4.90 Å².